The van der Waals surface area contributed by atoms with Gasteiger partial charge in [0.15, 0.2) is 5.82 Å². The Morgan fingerprint density at radius 1 is 1.35 bits per heavy atom. The third-order valence-corrected chi connectivity index (χ3v) is 3.65. The first-order valence-corrected chi connectivity index (χ1v) is 7.74. The van der Waals surface area contributed by atoms with E-state index in [0.717, 1.165) is 13.1 Å². The predicted molar refractivity (Wildman–Crippen MR) is 88.6 cm³/mol. The van der Waals surface area contributed by atoms with Crippen molar-refractivity contribution in [2.24, 2.45) is 0 Å². The van der Waals surface area contributed by atoms with Gasteiger partial charge in [0.2, 0.25) is 0 Å². The number of nitrogens with zero attached hydrogens (tertiary/aromatic N) is 5. The molecular weight excluding hydrogens is 294 g/mol. The molecule has 0 aromatic carbocycles. The van der Waals surface area contributed by atoms with Crippen LogP contribution in [0.4, 0.5) is 10.5 Å². The number of aromatic nitrogens is 4. The van der Waals surface area contributed by atoms with Crippen molar-refractivity contribution in [2.45, 2.75) is 26.8 Å². The molecule has 2 amide bonds. The maximum absolute atomic E-state index is 11.9. The second-order valence-corrected chi connectivity index (χ2v) is 5.15. The summed E-state index contributed by atoms with van der Waals surface area (Å²) in [7, 11) is 0. The Morgan fingerprint density at radius 2 is 2.13 bits per heavy atom. The van der Waals surface area contributed by atoms with Crippen molar-refractivity contribution in [2.75, 3.05) is 25.0 Å². The molecule has 2 N–H and O–H groups in total. The quantitative estimate of drug-likeness (QED) is 0.808. The van der Waals surface area contributed by atoms with Crippen LogP contribution < -0.4 is 10.6 Å². The van der Waals surface area contributed by atoms with E-state index in [0.29, 0.717) is 24.1 Å². The summed E-state index contributed by atoms with van der Waals surface area (Å²) in [6, 6.07) is 3.60. The first-order chi connectivity index (χ1) is 11.1. The fourth-order valence-corrected chi connectivity index (χ4v) is 2.31. The summed E-state index contributed by atoms with van der Waals surface area (Å²) in [5.41, 5.74) is 0.627. The maximum atomic E-state index is 11.9. The van der Waals surface area contributed by atoms with E-state index in [1.54, 1.807) is 29.3 Å². The highest BCUT2D eigenvalue weighted by Gasteiger charge is 2.11. The van der Waals surface area contributed by atoms with Gasteiger partial charge in [0.05, 0.1) is 11.9 Å². The Morgan fingerprint density at radius 3 is 2.70 bits per heavy atom. The van der Waals surface area contributed by atoms with Gasteiger partial charge >= 0.3 is 6.03 Å². The van der Waals surface area contributed by atoms with Crippen molar-refractivity contribution >= 4 is 11.7 Å². The van der Waals surface area contributed by atoms with Crippen LogP contribution in [0.15, 0.2) is 31.0 Å². The molecule has 0 saturated heterocycles. The number of urea groups is 1. The Bertz CT molecular complexity index is 593. The zero-order valence-corrected chi connectivity index (χ0v) is 13.7. The summed E-state index contributed by atoms with van der Waals surface area (Å²) >= 11 is 0. The third kappa shape index (κ3) is 4.75. The summed E-state index contributed by atoms with van der Waals surface area (Å²) in [5.74, 6) is 0.642. The number of hydrogen-bond donors (Lipinski definition) is 2. The predicted octanol–water partition coefficient (Wildman–Crippen LogP) is 1.51. The standard InChI is InChI=1S/C15H23N7O/c1-4-21(5-2)12(3)8-18-15(23)20-13-6-7-14(17-9-13)22-11-16-10-19-22/h6-7,9-12H,4-5,8H2,1-3H3,(H2,18,20,23)/t12-/m1/s1. The number of carbonyl (C=O) groups is 1. The summed E-state index contributed by atoms with van der Waals surface area (Å²) in [5, 5.41) is 9.64. The number of likely N-dealkylation sites (N-methyl/N-ethyl adjacent to an activating group) is 1. The first-order valence-electron chi connectivity index (χ1n) is 7.74. The number of rotatable bonds is 7. The van der Waals surface area contributed by atoms with Crippen molar-refractivity contribution < 1.29 is 4.79 Å². The molecule has 2 aromatic rings. The van der Waals surface area contributed by atoms with Crippen molar-refractivity contribution in [3.63, 3.8) is 0 Å². The lowest BCUT2D eigenvalue weighted by Crippen LogP contribution is -2.43. The Kier molecular flexibility index (Phi) is 6.04. The molecule has 0 unspecified atom stereocenters. The molecule has 1 atom stereocenters. The zero-order valence-electron chi connectivity index (χ0n) is 13.7. The second kappa shape index (κ2) is 8.23. The van der Waals surface area contributed by atoms with Crippen LogP contribution in [0, 0.1) is 0 Å². The normalized spacial score (nSPS) is 12.2. The van der Waals surface area contributed by atoms with Gasteiger partial charge in [-0.1, -0.05) is 13.8 Å². The topological polar surface area (TPSA) is 88.0 Å². The molecule has 8 heteroatoms. The molecule has 0 radical (unpaired) electrons. The van der Waals surface area contributed by atoms with E-state index in [4.69, 9.17) is 0 Å². The minimum atomic E-state index is -0.237. The van der Waals surface area contributed by atoms with Crippen LogP contribution in [-0.2, 0) is 0 Å². The van der Waals surface area contributed by atoms with Gasteiger partial charge in [-0.05, 0) is 32.1 Å². The van der Waals surface area contributed by atoms with Gasteiger partial charge in [0, 0.05) is 12.6 Å². The van der Waals surface area contributed by atoms with Gasteiger partial charge < -0.3 is 10.6 Å². The highest BCUT2D eigenvalue weighted by atomic mass is 16.2. The van der Waals surface area contributed by atoms with Gasteiger partial charge in [0.1, 0.15) is 12.7 Å². The van der Waals surface area contributed by atoms with Crippen LogP contribution in [0.3, 0.4) is 0 Å². The lowest BCUT2D eigenvalue weighted by Gasteiger charge is -2.26. The van der Waals surface area contributed by atoms with Crippen molar-refractivity contribution in [3.05, 3.63) is 31.0 Å². The van der Waals surface area contributed by atoms with Crippen LogP contribution in [0.2, 0.25) is 0 Å². The van der Waals surface area contributed by atoms with E-state index in [1.807, 2.05) is 0 Å². The molecule has 124 valence electrons. The number of amides is 2. The van der Waals surface area contributed by atoms with Gasteiger partial charge in [-0.3, -0.25) is 4.90 Å². The van der Waals surface area contributed by atoms with Crippen LogP contribution >= 0.6 is 0 Å². The molecule has 0 saturated carbocycles. The first kappa shape index (κ1) is 16.9. The van der Waals surface area contributed by atoms with Gasteiger partial charge in [0.25, 0.3) is 0 Å². The smallest absolute Gasteiger partial charge is 0.319 e. The molecule has 0 bridgehead atoms. The molecule has 0 spiro atoms. The molecule has 0 aliphatic rings. The van der Waals surface area contributed by atoms with E-state index < -0.39 is 0 Å². The summed E-state index contributed by atoms with van der Waals surface area (Å²) in [6.07, 6.45) is 4.60. The van der Waals surface area contributed by atoms with E-state index in [2.05, 4.69) is 51.4 Å². The molecular formula is C15H23N7O. The van der Waals surface area contributed by atoms with E-state index in [1.165, 1.54) is 6.33 Å². The minimum absolute atomic E-state index is 0.237. The molecule has 2 aromatic heterocycles. The van der Waals surface area contributed by atoms with Crippen LogP contribution in [-0.4, -0.2) is 56.4 Å². The minimum Gasteiger partial charge on any atom is -0.336 e. The lowest BCUT2D eigenvalue weighted by atomic mass is 10.3. The highest BCUT2D eigenvalue weighted by molar-refractivity contribution is 5.89. The molecule has 0 fully saturated rings. The van der Waals surface area contributed by atoms with Crippen molar-refractivity contribution in [3.8, 4) is 5.82 Å². The third-order valence-electron chi connectivity index (χ3n) is 3.65. The summed E-state index contributed by atoms with van der Waals surface area (Å²) in [6.45, 7) is 8.85. The number of anilines is 1. The average Bonchev–Trinajstić information content (AvgIpc) is 3.09. The second-order valence-electron chi connectivity index (χ2n) is 5.15. The van der Waals surface area contributed by atoms with E-state index in [-0.39, 0.29) is 6.03 Å². The monoisotopic (exact) mass is 317 g/mol. The lowest BCUT2D eigenvalue weighted by molar-refractivity contribution is 0.220. The molecule has 8 nitrogen and oxygen atoms in total. The maximum Gasteiger partial charge on any atom is 0.319 e. The summed E-state index contributed by atoms with van der Waals surface area (Å²) < 4.78 is 1.55. The number of carbonyl (C=O) groups excluding carboxylic acids is 1. The fraction of sp³-hybridized carbons (Fsp3) is 0.467. The fourth-order valence-electron chi connectivity index (χ4n) is 2.31. The number of pyridine rings is 1. The zero-order chi connectivity index (χ0) is 16.7. The van der Waals surface area contributed by atoms with Crippen LogP contribution in [0.1, 0.15) is 20.8 Å². The van der Waals surface area contributed by atoms with Crippen molar-refractivity contribution in [1.82, 2.24) is 30.0 Å². The SMILES string of the molecule is CCN(CC)[C@H](C)CNC(=O)Nc1ccc(-n2cncn2)nc1. The number of nitrogens with one attached hydrogen (secondary N) is 2. The average molecular weight is 317 g/mol. The van der Waals surface area contributed by atoms with Crippen molar-refractivity contribution in [1.29, 1.82) is 0 Å². The van der Waals surface area contributed by atoms with Gasteiger partial charge in [-0.2, -0.15) is 5.10 Å². The Hall–Kier alpha value is -2.48. The van der Waals surface area contributed by atoms with Gasteiger partial charge in [-0.15, -0.1) is 0 Å². The Balaban J connectivity index is 1.83. The highest BCUT2D eigenvalue weighted by Crippen LogP contribution is 2.08. The molecule has 0 aliphatic carbocycles. The Labute approximate surface area is 135 Å². The molecule has 2 heterocycles. The van der Waals surface area contributed by atoms with E-state index in [9.17, 15) is 4.79 Å². The van der Waals surface area contributed by atoms with E-state index >= 15 is 0 Å². The molecule has 0 aliphatic heterocycles. The largest absolute Gasteiger partial charge is 0.336 e. The van der Waals surface area contributed by atoms with Crippen LogP contribution in [0.25, 0.3) is 5.82 Å². The summed E-state index contributed by atoms with van der Waals surface area (Å²) in [4.78, 5) is 22.3. The van der Waals surface area contributed by atoms with Crippen LogP contribution in [0.5, 0.6) is 0 Å². The van der Waals surface area contributed by atoms with Gasteiger partial charge in [-0.25, -0.2) is 19.4 Å². The molecule has 23 heavy (non-hydrogen) atoms. The number of hydrogen-bond acceptors (Lipinski definition) is 5. The molecule has 2 rings (SSSR count).